The number of rotatable bonds is 4. The lowest BCUT2D eigenvalue weighted by molar-refractivity contribution is 0.0632. The topological polar surface area (TPSA) is 51.0 Å². The van der Waals surface area contributed by atoms with Crippen molar-refractivity contribution in [2.45, 2.75) is 38.8 Å². The van der Waals surface area contributed by atoms with Crippen LogP contribution >= 0.6 is 0 Å². The normalized spacial score (nSPS) is 15.6. The van der Waals surface area contributed by atoms with Crippen molar-refractivity contribution < 1.29 is 4.79 Å². The Labute approximate surface area is 182 Å². The first-order chi connectivity index (χ1) is 15.1. The SMILES string of the molecule is Cc1cc(CN(C(=O)c2ccc3ncccc3c2)C2CCCc3ccccc32)n(C)n1. The Bertz CT molecular complexity index is 1260. The quantitative estimate of drug-likeness (QED) is 0.476. The Kier molecular flexibility index (Phi) is 5.02. The van der Waals surface area contributed by atoms with Crippen molar-refractivity contribution in [2.24, 2.45) is 7.05 Å². The number of carbonyl (C=O) groups is 1. The largest absolute Gasteiger partial charge is 0.326 e. The van der Waals surface area contributed by atoms with E-state index in [2.05, 4.69) is 40.4 Å². The van der Waals surface area contributed by atoms with Crippen molar-refractivity contribution in [3.63, 3.8) is 0 Å². The van der Waals surface area contributed by atoms with Crippen molar-refractivity contribution in [2.75, 3.05) is 0 Å². The Morgan fingerprint density at radius 1 is 1.13 bits per heavy atom. The minimum absolute atomic E-state index is 0.0475. The van der Waals surface area contributed by atoms with E-state index in [1.807, 2.05) is 53.9 Å². The van der Waals surface area contributed by atoms with Crippen LogP contribution in [0.15, 0.2) is 66.9 Å². The highest BCUT2D eigenvalue weighted by atomic mass is 16.2. The maximum absolute atomic E-state index is 13.9. The minimum Gasteiger partial charge on any atom is -0.326 e. The summed E-state index contributed by atoms with van der Waals surface area (Å²) in [5.74, 6) is 0.0475. The van der Waals surface area contributed by atoms with Crippen LogP contribution in [-0.2, 0) is 20.0 Å². The third-order valence-corrected chi connectivity index (χ3v) is 6.26. The van der Waals surface area contributed by atoms with Gasteiger partial charge < -0.3 is 4.90 Å². The molecule has 1 atom stereocenters. The highest BCUT2D eigenvalue weighted by Crippen LogP contribution is 2.36. The Morgan fingerprint density at radius 2 is 2.00 bits per heavy atom. The van der Waals surface area contributed by atoms with Crippen molar-refractivity contribution >= 4 is 16.8 Å². The lowest BCUT2D eigenvalue weighted by Crippen LogP contribution is -2.36. The summed E-state index contributed by atoms with van der Waals surface area (Å²) in [5.41, 5.74) is 6.21. The Balaban J connectivity index is 1.57. The molecule has 1 unspecified atom stereocenters. The molecular weight excluding hydrogens is 384 g/mol. The van der Waals surface area contributed by atoms with E-state index in [9.17, 15) is 4.79 Å². The maximum Gasteiger partial charge on any atom is 0.254 e. The number of aromatic nitrogens is 3. The third kappa shape index (κ3) is 3.72. The van der Waals surface area contributed by atoms with Gasteiger partial charge in [0.15, 0.2) is 0 Å². The number of benzene rings is 2. The van der Waals surface area contributed by atoms with Gasteiger partial charge in [-0.05, 0) is 67.6 Å². The molecule has 2 aromatic heterocycles. The lowest BCUT2D eigenvalue weighted by atomic mass is 9.86. The lowest BCUT2D eigenvalue weighted by Gasteiger charge is -2.36. The summed E-state index contributed by atoms with van der Waals surface area (Å²) < 4.78 is 1.88. The van der Waals surface area contributed by atoms with Crippen molar-refractivity contribution in [1.29, 1.82) is 0 Å². The standard InChI is InChI=1S/C26H26N4O/c1-18-15-22(29(2)28-18)17-30(25-11-5-8-19-7-3-4-10-23(19)25)26(31)21-12-13-24-20(16-21)9-6-14-27-24/h3-4,6-7,9-10,12-16,25H,5,8,11,17H2,1-2H3. The van der Waals surface area contributed by atoms with Crippen LogP contribution in [0.1, 0.15) is 51.8 Å². The van der Waals surface area contributed by atoms with Gasteiger partial charge in [-0.15, -0.1) is 0 Å². The van der Waals surface area contributed by atoms with Gasteiger partial charge in [0.05, 0.1) is 29.5 Å². The number of hydrogen-bond donors (Lipinski definition) is 0. The fraction of sp³-hybridized carbons (Fsp3) is 0.269. The van der Waals surface area contributed by atoms with E-state index < -0.39 is 0 Å². The van der Waals surface area contributed by atoms with Crippen LogP contribution in [0.3, 0.4) is 0 Å². The van der Waals surface area contributed by atoms with E-state index in [1.165, 1.54) is 11.1 Å². The molecule has 4 aromatic rings. The maximum atomic E-state index is 13.9. The number of amides is 1. The van der Waals surface area contributed by atoms with Crippen LogP contribution in [-0.4, -0.2) is 25.6 Å². The van der Waals surface area contributed by atoms with Gasteiger partial charge in [0.2, 0.25) is 0 Å². The summed E-state index contributed by atoms with van der Waals surface area (Å²) in [6.45, 7) is 2.52. The summed E-state index contributed by atoms with van der Waals surface area (Å²) in [6, 6.07) is 20.4. The van der Waals surface area contributed by atoms with Crippen LogP contribution in [0.4, 0.5) is 0 Å². The molecule has 0 fully saturated rings. The van der Waals surface area contributed by atoms with E-state index in [1.54, 1.807) is 6.20 Å². The molecule has 0 aliphatic heterocycles. The number of carbonyl (C=O) groups excluding carboxylic acids is 1. The number of fused-ring (bicyclic) bond motifs is 2. The predicted octanol–water partition coefficient (Wildman–Crippen LogP) is 5.00. The van der Waals surface area contributed by atoms with Gasteiger partial charge in [-0.25, -0.2) is 0 Å². The summed E-state index contributed by atoms with van der Waals surface area (Å²) in [7, 11) is 1.95. The van der Waals surface area contributed by atoms with E-state index in [4.69, 9.17) is 0 Å². The van der Waals surface area contributed by atoms with Gasteiger partial charge in [0.25, 0.3) is 5.91 Å². The Hall–Kier alpha value is -3.47. The zero-order valence-corrected chi connectivity index (χ0v) is 18.0. The molecule has 156 valence electrons. The predicted molar refractivity (Wildman–Crippen MR) is 122 cm³/mol. The van der Waals surface area contributed by atoms with Crippen LogP contribution < -0.4 is 0 Å². The first kappa shape index (κ1) is 19.5. The summed E-state index contributed by atoms with van der Waals surface area (Å²) in [6.07, 6.45) is 4.90. The second-order valence-corrected chi connectivity index (χ2v) is 8.35. The van der Waals surface area contributed by atoms with Crippen molar-refractivity contribution in [3.05, 3.63) is 94.9 Å². The van der Waals surface area contributed by atoms with Crippen molar-refractivity contribution in [3.8, 4) is 0 Å². The van der Waals surface area contributed by atoms with Crippen molar-refractivity contribution in [1.82, 2.24) is 19.7 Å². The first-order valence-electron chi connectivity index (χ1n) is 10.8. The molecule has 5 heteroatoms. The molecule has 0 radical (unpaired) electrons. The molecule has 5 rings (SSSR count). The monoisotopic (exact) mass is 410 g/mol. The molecule has 2 heterocycles. The molecule has 2 aromatic carbocycles. The summed E-state index contributed by atoms with van der Waals surface area (Å²) >= 11 is 0. The number of hydrogen-bond acceptors (Lipinski definition) is 3. The average Bonchev–Trinajstić information content (AvgIpc) is 3.12. The molecule has 1 aliphatic carbocycles. The zero-order chi connectivity index (χ0) is 21.4. The molecule has 1 aliphatic rings. The molecule has 0 spiro atoms. The highest BCUT2D eigenvalue weighted by Gasteiger charge is 2.30. The van der Waals surface area contributed by atoms with Gasteiger partial charge in [-0.3, -0.25) is 14.5 Å². The molecule has 31 heavy (non-hydrogen) atoms. The number of pyridine rings is 1. The van der Waals surface area contributed by atoms with Crippen LogP contribution in [0.2, 0.25) is 0 Å². The fourth-order valence-corrected chi connectivity index (χ4v) is 4.74. The summed E-state index contributed by atoms with van der Waals surface area (Å²) in [4.78, 5) is 20.3. The van der Waals surface area contributed by atoms with Gasteiger partial charge in [-0.2, -0.15) is 5.10 Å². The molecule has 0 saturated heterocycles. The van der Waals surface area contributed by atoms with E-state index >= 15 is 0 Å². The summed E-state index contributed by atoms with van der Waals surface area (Å²) in [5, 5.41) is 5.48. The fourth-order valence-electron chi connectivity index (χ4n) is 4.74. The first-order valence-corrected chi connectivity index (χ1v) is 10.8. The molecule has 0 saturated carbocycles. The highest BCUT2D eigenvalue weighted by molar-refractivity contribution is 5.98. The molecule has 1 amide bonds. The van der Waals surface area contributed by atoms with Gasteiger partial charge in [0.1, 0.15) is 0 Å². The average molecular weight is 411 g/mol. The smallest absolute Gasteiger partial charge is 0.254 e. The second-order valence-electron chi connectivity index (χ2n) is 8.35. The van der Waals surface area contributed by atoms with E-state index in [-0.39, 0.29) is 11.9 Å². The molecule has 0 N–H and O–H groups in total. The van der Waals surface area contributed by atoms with Crippen LogP contribution in [0.5, 0.6) is 0 Å². The van der Waals surface area contributed by atoms with Gasteiger partial charge in [-0.1, -0.05) is 30.3 Å². The molecular formula is C26H26N4O. The van der Waals surface area contributed by atoms with Crippen LogP contribution in [0.25, 0.3) is 10.9 Å². The number of nitrogens with zero attached hydrogens (tertiary/aromatic N) is 4. The van der Waals surface area contributed by atoms with E-state index in [0.717, 1.165) is 41.6 Å². The van der Waals surface area contributed by atoms with Gasteiger partial charge in [0, 0.05) is 24.2 Å². The second kappa shape index (κ2) is 7.99. The van der Waals surface area contributed by atoms with Crippen LogP contribution in [0, 0.1) is 6.92 Å². The minimum atomic E-state index is 0.0475. The molecule has 5 nitrogen and oxygen atoms in total. The van der Waals surface area contributed by atoms with Gasteiger partial charge >= 0.3 is 0 Å². The number of aryl methyl sites for hydroxylation is 3. The molecule has 0 bridgehead atoms. The van der Waals surface area contributed by atoms with E-state index in [0.29, 0.717) is 12.1 Å². The Morgan fingerprint density at radius 3 is 2.84 bits per heavy atom. The zero-order valence-electron chi connectivity index (χ0n) is 18.0. The third-order valence-electron chi connectivity index (χ3n) is 6.26.